The summed E-state index contributed by atoms with van der Waals surface area (Å²) in [5.41, 5.74) is 0.994. The predicted molar refractivity (Wildman–Crippen MR) is 68.2 cm³/mol. The zero-order valence-corrected chi connectivity index (χ0v) is 10.7. The van der Waals surface area contributed by atoms with Gasteiger partial charge in [0.1, 0.15) is 9.84 Å². The molecular weight excluding hydrogens is 238 g/mol. The van der Waals surface area contributed by atoms with Crippen molar-refractivity contribution in [2.75, 3.05) is 19.1 Å². The van der Waals surface area contributed by atoms with Crippen molar-refractivity contribution in [3.63, 3.8) is 0 Å². The summed E-state index contributed by atoms with van der Waals surface area (Å²) in [4.78, 5) is 0. The smallest absolute Gasteiger partial charge is 0.194 e. The molecule has 0 aliphatic carbocycles. The quantitative estimate of drug-likeness (QED) is 0.833. The van der Waals surface area contributed by atoms with E-state index in [4.69, 9.17) is 4.74 Å². The molecule has 0 atom stereocenters. The minimum absolute atomic E-state index is 0.113. The Morgan fingerprint density at radius 1 is 1.29 bits per heavy atom. The molecule has 0 aliphatic rings. The number of fused-ring (bicyclic) bond motifs is 1. The summed E-state index contributed by atoms with van der Waals surface area (Å²) in [5, 5.41) is 1.05. The molecule has 92 valence electrons. The van der Waals surface area contributed by atoms with Gasteiger partial charge in [-0.25, -0.2) is 8.42 Å². The van der Waals surface area contributed by atoms with Gasteiger partial charge in [-0.3, -0.25) is 0 Å². The van der Waals surface area contributed by atoms with Crippen molar-refractivity contribution in [3.8, 4) is 5.88 Å². The minimum Gasteiger partial charge on any atom is -0.482 e. The van der Waals surface area contributed by atoms with Crippen molar-refractivity contribution < 1.29 is 13.2 Å². The first kappa shape index (κ1) is 12.0. The van der Waals surface area contributed by atoms with Gasteiger partial charge >= 0.3 is 0 Å². The average Bonchev–Trinajstić information content (AvgIpc) is 2.63. The third-order valence-electron chi connectivity index (χ3n) is 2.67. The fraction of sp³-hybridized carbons (Fsp3) is 0.333. The van der Waals surface area contributed by atoms with E-state index >= 15 is 0 Å². The van der Waals surface area contributed by atoms with Crippen molar-refractivity contribution in [1.29, 1.82) is 0 Å². The number of aromatic nitrogens is 1. The Hall–Kier alpha value is -1.49. The third kappa shape index (κ3) is 2.61. The second kappa shape index (κ2) is 4.41. The minimum atomic E-state index is -2.97. The van der Waals surface area contributed by atoms with Gasteiger partial charge in [-0.2, -0.15) is 0 Å². The molecule has 4 nitrogen and oxygen atoms in total. The van der Waals surface area contributed by atoms with Gasteiger partial charge < -0.3 is 9.30 Å². The molecule has 1 aromatic heterocycles. The van der Waals surface area contributed by atoms with E-state index in [1.165, 1.54) is 6.26 Å². The molecule has 5 heteroatoms. The van der Waals surface area contributed by atoms with E-state index in [9.17, 15) is 8.42 Å². The van der Waals surface area contributed by atoms with Gasteiger partial charge in [0.15, 0.2) is 5.88 Å². The molecule has 17 heavy (non-hydrogen) atoms. The largest absolute Gasteiger partial charge is 0.482 e. The van der Waals surface area contributed by atoms with Gasteiger partial charge in [-0.1, -0.05) is 18.2 Å². The molecule has 2 rings (SSSR count). The first-order chi connectivity index (χ1) is 8.01. The van der Waals surface area contributed by atoms with E-state index < -0.39 is 9.84 Å². The fourth-order valence-electron chi connectivity index (χ4n) is 1.84. The lowest BCUT2D eigenvalue weighted by molar-refractivity contribution is 0.378. The number of benzene rings is 1. The van der Waals surface area contributed by atoms with Crippen LogP contribution < -0.4 is 4.74 Å². The second-order valence-electron chi connectivity index (χ2n) is 4.03. The summed E-state index contributed by atoms with van der Waals surface area (Å²) in [6.45, 7) is 0.412. The summed E-state index contributed by atoms with van der Waals surface area (Å²) in [6, 6.07) is 9.73. The number of methoxy groups -OCH3 is 1. The van der Waals surface area contributed by atoms with Crippen LogP contribution in [0.15, 0.2) is 30.3 Å². The summed E-state index contributed by atoms with van der Waals surface area (Å²) < 4.78 is 29.6. The highest BCUT2D eigenvalue weighted by Gasteiger charge is 2.10. The molecule has 0 N–H and O–H groups in total. The van der Waals surface area contributed by atoms with Gasteiger partial charge in [-0.05, 0) is 6.07 Å². The molecule has 2 aromatic rings. The maximum atomic E-state index is 11.2. The summed E-state index contributed by atoms with van der Waals surface area (Å²) in [5.74, 6) is 0.803. The number of nitrogens with zero attached hydrogens (tertiary/aromatic N) is 1. The zero-order valence-electron chi connectivity index (χ0n) is 9.88. The van der Waals surface area contributed by atoms with Crippen LogP contribution in [0.4, 0.5) is 0 Å². The molecule has 0 unspecified atom stereocenters. The summed E-state index contributed by atoms with van der Waals surface area (Å²) in [6.07, 6.45) is 1.24. The van der Waals surface area contributed by atoms with E-state index in [-0.39, 0.29) is 5.75 Å². The zero-order chi connectivity index (χ0) is 12.5. The van der Waals surface area contributed by atoms with Crippen molar-refractivity contribution in [3.05, 3.63) is 30.3 Å². The molecule has 0 saturated heterocycles. The molecule has 1 aromatic carbocycles. The highest BCUT2D eigenvalue weighted by molar-refractivity contribution is 7.90. The van der Waals surface area contributed by atoms with Crippen molar-refractivity contribution >= 4 is 20.7 Å². The topological polar surface area (TPSA) is 48.3 Å². The standard InChI is InChI=1S/C12H15NO3S/c1-16-12-9-10-5-3-4-6-11(10)13(12)7-8-17(2,14)15/h3-6,9H,7-8H2,1-2H3. The Morgan fingerprint density at radius 3 is 2.65 bits per heavy atom. The SMILES string of the molecule is COc1cc2ccccc2n1CCS(C)(=O)=O. The molecule has 0 saturated carbocycles. The first-order valence-corrected chi connectivity index (χ1v) is 7.37. The summed E-state index contributed by atoms with van der Waals surface area (Å²) >= 11 is 0. The Balaban J connectivity index is 2.43. The Labute approximate surface area is 101 Å². The van der Waals surface area contributed by atoms with E-state index in [1.807, 2.05) is 34.9 Å². The van der Waals surface area contributed by atoms with Crippen LogP contribution in [-0.2, 0) is 16.4 Å². The number of aryl methyl sites for hydroxylation is 1. The van der Waals surface area contributed by atoms with Crippen molar-refractivity contribution in [2.45, 2.75) is 6.54 Å². The molecule has 0 bridgehead atoms. The molecule has 1 heterocycles. The van der Waals surface area contributed by atoms with Crippen LogP contribution in [0.5, 0.6) is 5.88 Å². The lowest BCUT2D eigenvalue weighted by Crippen LogP contribution is -2.11. The molecule has 0 spiro atoms. The average molecular weight is 253 g/mol. The van der Waals surface area contributed by atoms with Gasteiger partial charge in [0, 0.05) is 24.3 Å². The number of hydrogen-bond acceptors (Lipinski definition) is 3. The Bertz CT molecular complexity index is 628. The van der Waals surface area contributed by atoms with Crippen molar-refractivity contribution in [1.82, 2.24) is 4.57 Å². The van der Waals surface area contributed by atoms with E-state index in [1.54, 1.807) is 7.11 Å². The molecule has 0 radical (unpaired) electrons. The van der Waals surface area contributed by atoms with E-state index in [0.717, 1.165) is 10.9 Å². The number of ether oxygens (including phenoxy) is 1. The molecule has 0 aliphatic heterocycles. The first-order valence-electron chi connectivity index (χ1n) is 5.31. The highest BCUT2D eigenvalue weighted by atomic mass is 32.2. The van der Waals surface area contributed by atoms with Crippen molar-refractivity contribution in [2.24, 2.45) is 0 Å². The normalized spacial score (nSPS) is 11.9. The molecule has 0 amide bonds. The maximum Gasteiger partial charge on any atom is 0.194 e. The molecular formula is C12H15NO3S. The van der Waals surface area contributed by atoms with Gasteiger partial charge in [0.05, 0.1) is 18.4 Å². The Morgan fingerprint density at radius 2 is 2.00 bits per heavy atom. The van der Waals surface area contributed by atoms with Crippen LogP contribution in [-0.4, -0.2) is 32.1 Å². The van der Waals surface area contributed by atoms with Crippen LogP contribution in [0, 0.1) is 0 Å². The third-order valence-corrected chi connectivity index (χ3v) is 3.59. The van der Waals surface area contributed by atoms with Gasteiger partial charge in [0.2, 0.25) is 0 Å². The molecule has 0 fully saturated rings. The lowest BCUT2D eigenvalue weighted by atomic mass is 10.2. The number of para-hydroxylation sites is 1. The fourth-order valence-corrected chi connectivity index (χ4v) is 2.36. The van der Waals surface area contributed by atoms with E-state index in [0.29, 0.717) is 12.4 Å². The Kier molecular flexibility index (Phi) is 3.11. The van der Waals surface area contributed by atoms with Crippen LogP contribution in [0.1, 0.15) is 0 Å². The van der Waals surface area contributed by atoms with Crippen LogP contribution in [0.2, 0.25) is 0 Å². The second-order valence-corrected chi connectivity index (χ2v) is 6.29. The monoisotopic (exact) mass is 253 g/mol. The number of hydrogen-bond donors (Lipinski definition) is 0. The van der Waals surface area contributed by atoms with Crippen LogP contribution >= 0.6 is 0 Å². The summed E-state index contributed by atoms with van der Waals surface area (Å²) in [7, 11) is -1.38. The predicted octanol–water partition coefficient (Wildman–Crippen LogP) is 1.69. The van der Waals surface area contributed by atoms with E-state index in [2.05, 4.69) is 0 Å². The maximum absolute atomic E-state index is 11.2. The van der Waals surface area contributed by atoms with Crippen LogP contribution in [0.25, 0.3) is 10.9 Å². The van der Waals surface area contributed by atoms with Crippen LogP contribution in [0.3, 0.4) is 0 Å². The van der Waals surface area contributed by atoms with Gasteiger partial charge in [-0.15, -0.1) is 0 Å². The van der Waals surface area contributed by atoms with Gasteiger partial charge in [0.25, 0.3) is 0 Å². The lowest BCUT2D eigenvalue weighted by Gasteiger charge is -2.08. The highest BCUT2D eigenvalue weighted by Crippen LogP contribution is 2.25. The number of rotatable bonds is 4. The number of sulfone groups is 1.